The number of carbonyl (C=O) groups excluding carboxylic acids is 1. The molecule has 0 saturated carbocycles. The fourth-order valence-electron chi connectivity index (χ4n) is 2.66. The van der Waals surface area contributed by atoms with Crippen LogP contribution in [-0.4, -0.2) is 25.3 Å². The summed E-state index contributed by atoms with van der Waals surface area (Å²) in [5.74, 6) is 0.636. The Morgan fingerprint density at radius 2 is 1.91 bits per heavy atom. The molecule has 1 N–H and O–H groups in total. The highest BCUT2D eigenvalue weighted by atomic mass is 16.5. The van der Waals surface area contributed by atoms with Gasteiger partial charge in [0.1, 0.15) is 17.4 Å². The van der Waals surface area contributed by atoms with E-state index in [-0.39, 0.29) is 11.3 Å². The van der Waals surface area contributed by atoms with Crippen molar-refractivity contribution in [2.75, 3.05) is 14.2 Å². The van der Waals surface area contributed by atoms with E-state index in [1.165, 1.54) is 6.07 Å². The number of rotatable bonds is 3. The van der Waals surface area contributed by atoms with Gasteiger partial charge < -0.3 is 19.3 Å². The van der Waals surface area contributed by atoms with Gasteiger partial charge in [-0.3, -0.25) is 0 Å². The van der Waals surface area contributed by atoms with Gasteiger partial charge in [-0.05, 0) is 29.3 Å². The maximum atomic E-state index is 12.1. The van der Waals surface area contributed by atoms with Gasteiger partial charge in [0.25, 0.3) is 0 Å². The molecule has 22 heavy (non-hydrogen) atoms. The summed E-state index contributed by atoms with van der Waals surface area (Å²) < 4.78 is 15.9. The Hall–Kier alpha value is -2.69. The van der Waals surface area contributed by atoms with Gasteiger partial charge in [0.15, 0.2) is 11.5 Å². The maximum Gasteiger partial charge on any atom is 0.342 e. The SMILES string of the molecule is COc1ccc([C@H]2Cc3cccc(O)c3C(=O)O2)cc1OC. The zero-order valence-corrected chi connectivity index (χ0v) is 12.3. The molecule has 0 spiro atoms. The largest absolute Gasteiger partial charge is 0.507 e. The van der Waals surface area contributed by atoms with Crippen LogP contribution < -0.4 is 9.47 Å². The Bertz CT molecular complexity index is 723. The number of benzene rings is 2. The fourth-order valence-corrected chi connectivity index (χ4v) is 2.66. The highest BCUT2D eigenvalue weighted by Crippen LogP contribution is 2.37. The topological polar surface area (TPSA) is 65.0 Å². The summed E-state index contributed by atoms with van der Waals surface area (Å²) in [7, 11) is 3.12. The first kappa shape index (κ1) is 14.3. The van der Waals surface area contributed by atoms with Gasteiger partial charge in [-0.1, -0.05) is 18.2 Å². The molecule has 5 heteroatoms. The van der Waals surface area contributed by atoms with Gasteiger partial charge in [0.2, 0.25) is 0 Å². The predicted octanol–water partition coefficient (Wildman–Crippen LogP) is 2.86. The third kappa shape index (κ3) is 2.35. The lowest BCUT2D eigenvalue weighted by Gasteiger charge is -2.25. The van der Waals surface area contributed by atoms with E-state index in [0.717, 1.165) is 11.1 Å². The van der Waals surface area contributed by atoms with Crippen molar-refractivity contribution in [1.82, 2.24) is 0 Å². The highest BCUT2D eigenvalue weighted by molar-refractivity contribution is 5.95. The minimum absolute atomic E-state index is 0.0479. The normalized spacial score (nSPS) is 16.6. The fraction of sp³-hybridized carbons (Fsp3) is 0.235. The van der Waals surface area contributed by atoms with Crippen molar-refractivity contribution in [3.63, 3.8) is 0 Å². The average molecular weight is 300 g/mol. The third-order valence-electron chi connectivity index (χ3n) is 3.77. The molecular weight excluding hydrogens is 284 g/mol. The molecule has 0 aromatic heterocycles. The zero-order valence-electron chi connectivity index (χ0n) is 12.3. The van der Waals surface area contributed by atoms with E-state index in [2.05, 4.69) is 0 Å². The molecule has 0 saturated heterocycles. The van der Waals surface area contributed by atoms with E-state index < -0.39 is 12.1 Å². The summed E-state index contributed by atoms with van der Waals surface area (Å²) >= 11 is 0. The van der Waals surface area contributed by atoms with Crippen LogP contribution in [0.5, 0.6) is 17.2 Å². The number of phenolic OH excluding ortho intramolecular Hbond substituents is 1. The number of carbonyl (C=O) groups is 1. The molecule has 0 aliphatic carbocycles. The van der Waals surface area contributed by atoms with Gasteiger partial charge in [0, 0.05) is 6.42 Å². The third-order valence-corrected chi connectivity index (χ3v) is 3.77. The second-order valence-electron chi connectivity index (χ2n) is 5.02. The molecule has 1 aliphatic rings. The van der Waals surface area contributed by atoms with Gasteiger partial charge in [0.05, 0.1) is 14.2 Å². The molecule has 0 amide bonds. The lowest BCUT2D eigenvalue weighted by molar-refractivity contribution is 0.0248. The molecule has 1 aliphatic heterocycles. The van der Waals surface area contributed by atoms with Crippen molar-refractivity contribution in [3.05, 3.63) is 53.1 Å². The summed E-state index contributed by atoms with van der Waals surface area (Å²) in [4.78, 5) is 12.1. The molecule has 0 radical (unpaired) electrons. The Kier molecular flexibility index (Phi) is 3.63. The van der Waals surface area contributed by atoms with E-state index in [0.29, 0.717) is 17.9 Å². The molecule has 114 valence electrons. The smallest absolute Gasteiger partial charge is 0.342 e. The first-order valence-corrected chi connectivity index (χ1v) is 6.87. The molecule has 0 unspecified atom stereocenters. The summed E-state index contributed by atoms with van der Waals surface area (Å²) in [6.45, 7) is 0. The van der Waals surface area contributed by atoms with Crippen molar-refractivity contribution in [1.29, 1.82) is 0 Å². The zero-order chi connectivity index (χ0) is 15.7. The Labute approximate surface area is 128 Å². The lowest BCUT2D eigenvalue weighted by Crippen LogP contribution is -2.21. The highest BCUT2D eigenvalue weighted by Gasteiger charge is 2.30. The number of hydrogen-bond acceptors (Lipinski definition) is 5. The lowest BCUT2D eigenvalue weighted by atomic mass is 9.94. The molecule has 0 bridgehead atoms. The van der Waals surface area contributed by atoms with Gasteiger partial charge >= 0.3 is 5.97 Å². The van der Waals surface area contributed by atoms with Gasteiger partial charge in [-0.2, -0.15) is 0 Å². The minimum atomic E-state index is -0.515. The molecule has 1 atom stereocenters. The average Bonchev–Trinajstić information content (AvgIpc) is 2.53. The summed E-state index contributed by atoms with van der Waals surface area (Å²) in [6, 6.07) is 10.4. The number of esters is 1. The number of hydrogen-bond donors (Lipinski definition) is 1. The summed E-state index contributed by atoms with van der Waals surface area (Å²) in [6.07, 6.45) is 0.0897. The monoisotopic (exact) mass is 300 g/mol. The molecule has 3 rings (SSSR count). The number of phenols is 1. The molecule has 0 fully saturated rings. The van der Waals surface area contributed by atoms with Crippen LogP contribution >= 0.6 is 0 Å². The van der Waals surface area contributed by atoms with E-state index >= 15 is 0 Å². The number of aromatic hydroxyl groups is 1. The first-order valence-electron chi connectivity index (χ1n) is 6.87. The van der Waals surface area contributed by atoms with Crippen LogP contribution in [0.3, 0.4) is 0 Å². The van der Waals surface area contributed by atoms with E-state index in [1.807, 2.05) is 12.1 Å². The number of methoxy groups -OCH3 is 2. The van der Waals surface area contributed by atoms with E-state index in [1.54, 1.807) is 32.4 Å². The molecule has 2 aromatic carbocycles. The summed E-state index contributed by atoms with van der Waals surface area (Å²) in [5.41, 5.74) is 1.84. The van der Waals surface area contributed by atoms with Crippen molar-refractivity contribution < 1.29 is 24.1 Å². The maximum absolute atomic E-state index is 12.1. The van der Waals surface area contributed by atoms with Crippen molar-refractivity contribution >= 4 is 5.97 Å². The van der Waals surface area contributed by atoms with Crippen LogP contribution in [0.4, 0.5) is 0 Å². The van der Waals surface area contributed by atoms with Crippen molar-refractivity contribution in [2.45, 2.75) is 12.5 Å². The molecule has 5 nitrogen and oxygen atoms in total. The van der Waals surface area contributed by atoms with Crippen LogP contribution in [-0.2, 0) is 11.2 Å². The minimum Gasteiger partial charge on any atom is -0.507 e. The van der Waals surface area contributed by atoms with Crippen molar-refractivity contribution in [3.8, 4) is 17.2 Å². The Morgan fingerprint density at radius 1 is 1.14 bits per heavy atom. The van der Waals surface area contributed by atoms with Gasteiger partial charge in [-0.25, -0.2) is 4.79 Å². The number of ether oxygens (including phenoxy) is 3. The molecule has 1 heterocycles. The van der Waals surface area contributed by atoms with Crippen molar-refractivity contribution in [2.24, 2.45) is 0 Å². The molecule has 2 aromatic rings. The second-order valence-corrected chi connectivity index (χ2v) is 5.02. The Morgan fingerprint density at radius 3 is 2.64 bits per heavy atom. The molecular formula is C17H16O5. The van der Waals surface area contributed by atoms with E-state index in [4.69, 9.17) is 14.2 Å². The van der Waals surface area contributed by atoms with Crippen LogP contribution in [0.1, 0.15) is 27.6 Å². The van der Waals surface area contributed by atoms with Crippen LogP contribution in [0, 0.1) is 0 Å². The van der Waals surface area contributed by atoms with Gasteiger partial charge in [-0.15, -0.1) is 0 Å². The Balaban J connectivity index is 1.96. The first-order chi connectivity index (χ1) is 10.6. The van der Waals surface area contributed by atoms with Crippen LogP contribution in [0.2, 0.25) is 0 Å². The number of cyclic esters (lactones) is 1. The second kappa shape index (κ2) is 5.60. The number of fused-ring (bicyclic) bond motifs is 1. The van der Waals surface area contributed by atoms with Crippen LogP contribution in [0.15, 0.2) is 36.4 Å². The van der Waals surface area contributed by atoms with Crippen LogP contribution in [0.25, 0.3) is 0 Å². The standard InChI is InChI=1S/C17H16O5/c1-20-13-7-6-10(8-15(13)21-2)14-9-11-4-3-5-12(18)16(11)17(19)22-14/h3-8,14,18H,9H2,1-2H3/t14-/m1/s1. The summed E-state index contributed by atoms with van der Waals surface area (Å²) in [5, 5.41) is 9.80. The predicted molar refractivity (Wildman–Crippen MR) is 79.5 cm³/mol. The quantitative estimate of drug-likeness (QED) is 0.883. The van der Waals surface area contributed by atoms with E-state index in [9.17, 15) is 9.90 Å².